The number of carboxylic acid groups (broad SMARTS) is 1. The summed E-state index contributed by atoms with van der Waals surface area (Å²) in [5.74, 6) is -1.35. The predicted molar refractivity (Wildman–Crippen MR) is 69.9 cm³/mol. The standard InChI is InChI=1S/C11H10N4O3S/c1-15-8(4-5-13-15)10(18)14-11-12-6-7(19-11)2-3-9(16)17/h2-6H,1H3,(H,16,17)(H,12,14,18)/b3-2+. The van der Waals surface area contributed by atoms with Crippen LogP contribution in [0.15, 0.2) is 24.5 Å². The minimum absolute atomic E-state index is 0.317. The average Bonchev–Trinajstić information content (AvgIpc) is 2.95. The van der Waals surface area contributed by atoms with Gasteiger partial charge in [-0.05, 0) is 12.1 Å². The second kappa shape index (κ2) is 5.44. The van der Waals surface area contributed by atoms with Crippen molar-refractivity contribution in [3.05, 3.63) is 35.1 Å². The van der Waals surface area contributed by atoms with E-state index in [2.05, 4.69) is 15.4 Å². The summed E-state index contributed by atoms with van der Waals surface area (Å²) in [5, 5.41) is 15.4. The van der Waals surface area contributed by atoms with Crippen LogP contribution < -0.4 is 5.32 Å². The summed E-state index contributed by atoms with van der Waals surface area (Å²) < 4.78 is 1.45. The van der Waals surface area contributed by atoms with E-state index in [0.717, 1.165) is 6.08 Å². The number of aryl methyl sites for hydroxylation is 1. The molecular weight excluding hydrogens is 268 g/mol. The van der Waals surface area contributed by atoms with E-state index in [9.17, 15) is 9.59 Å². The number of anilines is 1. The lowest BCUT2D eigenvalue weighted by Crippen LogP contribution is -2.15. The van der Waals surface area contributed by atoms with Gasteiger partial charge >= 0.3 is 5.97 Å². The monoisotopic (exact) mass is 278 g/mol. The number of nitrogens with one attached hydrogen (secondary N) is 1. The molecule has 2 aromatic rings. The van der Waals surface area contributed by atoms with E-state index in [1.165, 1.54) is 34.5 Å². The average molecular weight is 278 g/mol. The summed E-state index contributed by atoms with van der Waals surface area (Å²) in [6.45, 7) is 0. The normalized spacial score (nSPS) is 10.8. The van der Waals surface area contributed by atoms with Gasteiger partial charge in [0.15, 0.2) is 5.13 Å². The van der Waals surface area contributed by atoms with E-state index in [1.807, 2.05) is 0 Å². The second-order valence-corrected chi connectivity index (χ2v) is 4.60. The van der Waals surface area contributed by atoms with Crippen molar-refractivity contribution in [1.82, 2.24) is 14.8 Å². The first-order valence-corrected chi connectivity index (χ1v) is 6.04. The number of aromatic nitrogens is 3. The molecule has 0 atom stereocenters. The largest absolute Gasteiger partial charge is 0.478 e. The fourth-order valence-electron chi connectivity index (χ4n) is 1.33. The number of rotatable bonds is 4. The zero-order chi connectivity index (χ0) is 13.8. The molecule has 8 heteroatoms. The lowest BCUT2D eigenvalue weighted by atomic mass is 10.4. The highest BCUT2D eigenvalue weighted by molar-refractivity contribution is 7.16. The third-order valence-corrected chi connectivity index (χ3v) is 3.07. The fourth-order valence-corrected chi connectivity index (χ4v) is 2.05. The Balaban J connectivity index is 2.06. The lowest BCUT2D eigenvalue weighted by Gasteiger charge is -2.00. The Kier molecular flexibility index (Phi) is 3.71. The number of amides is 1. The number of thiazole rings is 1. The zero-order valence-electron chi connectivity index (χ0n) is 9.90. The van der Waals surface area contributed by atoms with Crippen LogP contribution in [0, 0.1) is 0 Å². The summed E-state index contributed by atoms with van der Waals surface area (Å²) >= 11 is 1.18. The molecule has 7 nitrogen and oxygen atoms in total. The van der Waals surface area contributed by atoms with Crippen LogP contribution in [0.4, 0.5) is 5.13 Å². The molecule has 0 saturated carbocycles. The number of carboxylic acids is 1. The van der Waals surface area contributed by atoms with Gasteiger partial charge < -0.3 is 5.11 Å². The van der Waals surface area contributed by atoms with E-state index in [0.29, 0.717) is 15.7 Å². The van der Waals surface area contributed by atoms with E-state index < -0.39 is 5.97 Å². The van der Waals surface area contributed by atoms with Crippen LogP contribution in [-0.2, 0) is 11.8 Å². The van der Waals surface area contributed by atoms with Crippen molar-refractivity contribution in [2.75, 3.05) is 5.32 Å². The summed E-state index contributed by atoms with van der Waals surface area (Å²) in [7, 11) is 1.66. The fraction of sp³-hybridized carbons (Fsp3) is 0.0909. The lowest BCUT2D eigenvalue weighted by molar-refractivity contribution is -0.131. The van der Waals surface area contributed by atoms with E-state index in [1.54, 1.807) is 13.1 Å². The molecular formula is C11H10N4O3S. The van der Waals surface area contributed by atoms with Gasteiger partial charge in [0.2, 0.25) is 0 Å². The van der Waals surface area contributed by atoms with Gasteiger partial charge in [-0.25, -0.2) is 9.78 Å². The van der Waals surface area contributed by atoms with Crippen molar-refractivity contribution < 1.29 is 14.7 Å². The number of nitrogens with zero attached hydrogens (tertiary/aromatic N) is 3. The van der Waals surface area contributed by atoms with Crippen molar-refractivity contribution >= 4 is 34.4 Å². The van der Waals surface area contributed by atoms with E-state index in [4.69, 9.17) is 5.11 Å². The molecule has 0 aliphatic carbocycles. The molecule has 1 amide bonds. The third-order valence-electron chi connectivity index (χ3n) is 2.19. The molecule has 0 radical (unpaired) electrons. The minimum atomic E-state index is -1.03. The van der Waals surface area contributed by atoms with E-state index >= 15 is 0 Å². The SMILES string of the molecule is Cn1nccc1C(=O)Nc1ncc(/C=C/C(=O)O)s1. The van der Waals surface area contributed by atoms with Crippen LogP contribution >= 0.6 is 11.3 Å². The molecule has 2 aromatic heterocycles. The van der Waals surface area contributed by atoms with Gasteiger partial charge in [0.1, 0.15) is 5.69 Å². The number of hydrogen-bond acceptors (Lipinski definition) is 5. The van der Waals surface area contributed by atoms with Crippen molar-refractivity contribution in [2.45, 2.75) is 0 Å². The predicted octanol–water partition coefficient (Wildman–Crippen LogP) is 1.23. The van der Waals surface area contributed by atoms with Crippen molar-refractivity contribution in [3.8, 4) is 0 Å². The Labute approximate surface area is 112 Å². The highest BCUT2D eigenvalue weighted by Gasteiger charge is 2.11. The molecule has 0 bridgehead atoms. The first-order valence-electron chi connectivity index (χ1n) is 5.22. The molecule has 0 aliphatic heterocycles. The van der Waals surface area contributed by atoms with Gasteiger partial charge in [-0.2, -0.15) is 5.10 Å². The zero-order valence-corrected chi connectivity index (χ0v) is 10.7. The van der Waals surface area contributed by atoms with Crippen LogP contribution in [0.2, 0.25) is 0 Å². The van der Waals surface area contributed by atoms with Crippen LogP contribution in [-0.4, -0.2) is 31.7 Å². The van der Waals surface area contributed by atoms with Gasteiger partial charge in [0.05, 0.1) is 0 Å². The topological polar surface area (TPSA) is 97.1 Å². The number of carbonyl (C=O) groups is 2. The van der Waals surface area contributed by atoms with Crippen molar-refractivity contribution in [3.63, 3.8) is 0 Å². The van der Waals surface area contributed by atoms with Gasteiger partial charge in [-0.1, -0.05) is 11.3 Å². The highest BCUT2D eigenvalue weighted by Crippen LogP contribution is 2.19. The van der Waals surface area contributed by atoms with Gasteiger partial charge in [-0.3, -0.25) is 14.8 Å². The third kappa shape index (κ3) is 3.26. The summed E-state index contributed by atoms with van der Waals surface area (Å²) in [6.07, 6.45) is 5.45. The smallest absolute Gasteiger partial charge is 0.328 e. The molecule has 98 valence electrons. The molecule has 0 unspecified atom stereocenters. The second-order valence-electron chi connectivity index (χ2n) is 3.53. The van der Waals surface area contributed by atoms with Crippen LogP contribution in [0.25, 0.3) is 6.08 Å². The summed E-state index contributed by atoms with van der Waals surface area (Å²) in [5.41, 5.74) is 0.415. The number of carbonyl (C=O) groups excluding carboxylic acids is 1. The molecule has 0 fully saturated rings. The molecule has 2 N–H and O–H groups in total. The Hall–Kier alpha value is -2.48. The maximum Gasteiger partial charge on any atom is 0.328 e. The molecule has 0 spiro atoms. The maximum atomic E-state index is 11.9. The van der Waals surface area contributed by atoms with Gasteiger partial charge in [-0.15, -0.1) is 0 Å². The summed E-state index contributed by atoms with van der Waals surface area (Å²) in [4.78, 5) is 26.8. The Morgan fingerprint density at radius 2 is 2.32 bits per heavy atom. The van der Waals surface area contributed by atoms with Gasteiger partial charge in [0, 0.05) is 30.4 Å². The first-order chi connectivity index (χ1) is 9.06. The Morgan fingerprint density at radius 3 is 2.95 bits per heavy atom. The molecule has 0 aromatic carbocycles. The quantitative estimate of drug-likeness (QED) is 0.820. The molecule has 2 heterocycles. The first kappa shape index (κ1) is 13.0. The summed E-state index contributed by atoms with van der Waals surface area (Å²) in [6, 6.07) is 1.59. The molecule has 0 saturated heterocycles. The van der Waals surface area contributed by atoms with Crippen molar-refractivity contribution in [1.29, 1.82) is 0 Å². The van der Waals surface area contributed by atoms with Crippen molar-refractivity contribution in [2.24, 2.45) is 7.05 Å². The Morgan fingerprint density at radius 1 is 1.53 bits per heavy atom. The van der Waals surface area contributed by atoms with Crippen LogP contribution in [0.1, 0.15) is 15.4 Å². The number of hydrogen-bond donors (Lipinski definition) is 2. The molecule has 0 aliphatic rings. The van der Waals surface area contributed by atoms with Gasteiger partial charge in [0.25, 0.3) is 5.91 Å². The Bertz CT molecular complexity index is 644. The maximum absolute atomic E-state index is 11.9. The van der Waals surface area contributed by atoms with Crippen LogP contribution in [0.3, 0.4) is 0 Å². The highest BCUT2D eigenvalue weighted by atomic mass is 32.1. The van der Waals surface area contributed by atoms with E-state index in [-0.39, 0.29) is 5.91 Å². The van der Waals surface area contributed by atoms with Crippen LogP contribution in [0.5, 0.6) is 0 Å². The molecule has 19 heavy (non-hydrogen) atoms. The minimum Gasteiger partial charge on any atom is -0.478 e. The number of aliphatic carboxylic acids is 1. The molecule has 2 rings (SSSR count).